The molecule has 0 saturated heterocycles. The molecule has 0 spiro atoms. The maximum atomic E-state index is 6.03. The fourth-order valence-corrected chi connectivity index (χ4v) is 2.59. The summed E-state index contributed by atoms with van der Waals surface area (Å²) in [6.07, 6.45) is 1.06. The number of hydrogen-bond acceptors (Lipinski definition) is 2. The minimum absolute atomic E-state index is 0.307. The minimum Gasteiger partial charge on any atom is -0.331 e. The Morgan fingerprint density at radius 3 is 2.72 bits per heavy atom. The molecule has 1 atom stereocenters. The minimum atomic E-state index is 0.307. The lowest BCUT2D eigenvalue weighted by Crippen LogP contribution is -2.18. The molecule has 0 aliphatic carbocycles. The quantitative estimate of drug-likeness (QED) is 0.922. The second kappa shape index (κ2) is 5.29. The van der Waals surface area contributed by atoms with Crippen molar-refractivity contribution in [3.05, 3.63) is 29.0 Å². The van der Waals surface area contributed by atoms with Gasteiger partial charge in [-0.1, -0.05) is 25.4 Å². The molecular weight excluding hydrogens is 246 g/mol. The van der Waals surface area contributed by atoms with E-state index in [2.05, 4.69) is 18.4 Å². The van der Waals surface area contributed by atoms with Crippen LogP contribution in [0.25, 0.3) is 11.0 Å². The number of aryl methyl sites for hydroxylation is 1. The van der Waals surface area contributed by atoms with E-state index in [4.69, 9.17) is 22.3 Å². The SMILES string of the molecule is CC(C)CC(CN)c1nc2ccc(Cl)cc2n1C. The molecule has 0 aliphatic rings. The molecule has 1 unspecified atom stereocenters. The van der Waals surface area contributed by atoms with Crippen LogP contribution >= 0.6 is 11.6 Å². The van der Waals surface area contributed by atoms with Gasteiger partial charge in [0.1, 0.15) is 5.82 Å². The molecule has 2 aromatic rings. The summed E-state index contributed by atoms with van der Waals surface area (Å²) in [5, 5.41) is 0.741. The molecule has 0 aliphatic heterocycles. The summed E-state index contributed by atoms with van der Waals surface area (Å²) in [7, 11) is 2.03. The van der Waals surface area contributed by atoms with Crippen LogP contribution in [0.4, 0.5) is 0 Å². The predicted molar refractivity (Wildman–Crippen MR) is 77.0 cm³/mol. The zero-order chi connectivity index (χ0) is 13.3. The Kier molecular flexibility index (Phi) is 3.93. The molecule has 1 heterocycles. The Balaban J connectivity index is 2.47. The van der Waals surface area contributed by atoms with E-state index in [0.29, 0.717) is 18.4 Å². The largest absolute Gasteiger partial charge is 0.331 e. The fourth-order valence-electron chi connectivity index (χ4n) is 2.42. The third kappa shape index (κ3) is 2.52. The van der Waals surface area contributed by atoms with Crippen LogP contribution in [0.2, 0.25) is 5.02 Å². The van der Waals surface area contributed by atoms with E-state index in [1.165, 1.54) is 0 Å². The zero-order valence-corrected chi connectivity index (χ0v) is 11.9. The highest BCUT2D eigenvalue weighted by molar-refractivity contribution is 6.31. The maximum absolute atomic E-state index is 6.03. The van der Waals surface area contributed by atoms with Gasteiger partial charge < -0.3 is 10.3 Å². The van der Waals surface area contributed by atoms with Crippen molar-refractivity contribution in [2.45, 2.75) is 26.2 Å². The van der Waals surface area contributed by atoms with Crippen LogP contribution in [0.5, 0.6) is 0 Å². The molecule has 0 bridgehead atoms. The lowest BCUT2D eigenvalue weighted by Gasteiger charge is -2.16. The third-order valence-electron chi connectivity index (χ3n) is 3.28. The monoisotopic (exact) mass is 265 g/mol. The molecule has 2 rings (SSSR count). The van der Waals surface area contributed by atoms with Crippen LogP contribution in [0.1, 0.15) is 32.0 Å². The highest BCUT2D eigenvalue weighted by Gasteiger charge is 2.18. The molecule has 0 fully saturated rings. The van der Waals surface area contributed by atoms with Gasteiger partial charge >= 0.3 is 0 Å². The van der Waals surface area contributed by atoms with Crippen molar-refractivity contribution >= 4 is 22.6 Å². The summed E-state index contributed by atoms with van der Waals surface area (Å²) in [5.41, 5.74) is 7.95. The van der Waals surface area contributed by atoms with Crippen molar-refractivity contribution in [2.75, 3.05) is 6.54 Å². The fraction of sp³-hybridized carbons (Fsp3) is 0.500. The van der Waals surface area contributed by atoms with Gasteiger partial charge in [0.25, 0.3) is 0 Å². The first kappa shape index (κ1) is 13.4. The lowest BCUT2D eigenvalue weighted by atomic mass is 9.96. The number of halogens is 1. The Hall–Kier alpha value is -1.06. The van der Waals surface area contributed by atoms with Crippen molar-refractivity contribution < 1.29 is 0 Å². The number of nitrogens with two attached hydrogens (primary N) is 1. The van der Waals surface area contributed by atoms with Gasteiger partial charge in [0.15, 0.2) is 0 Å². The van der Waals surface area contributed by atoms with E-state index in [1.807, 2.05) is 25.2 Å². The molecule has 1 aromatic heterocycles. The van der Waals surface area contributed by atoms with Crippen LogP contribution in [0.3, 0.4) is 0 Å². The van der Waals surface area contributed by atoms with Gasteiger partial charge in [-0.25, -0.2) is 4.98 Å². The van der Waals surface area contributed by atoms with Gasteiger partial charge in [-0.3, -0.25) is 0 Å². The van der Waals surface area contributed by atoms with Crippen LogP contribution in [-0.4, -0.2) is 16.1 Å². The van der Waals surface area contributed by atoms with Crippen LogP contribution in [-0.2, 0) is 7.05 Å². The normalized spacial score (nSPS) is 13.4. The van der Waals surface area contributed by atoms with Crippen LogP contribution < -0.4 is 5.73 Å². The van der Waals surface area contributed by atoms with E-state index in [0.717, 1.165) is 28.3 Å². The highest BCUT2D eigenvalue weighted by atomic mass is 35.5. The van der Waals surface area contributed by atoms with Gasteiger partial charge in [-0.2, -0.15) is 0 Å². The first-order chi connectivity index (χ1) is 8.52. The van der Waals surface area contributed by atoms with E-state index in [9.17, 15) is 0 Å². The third-order valence-corrected chi connectivity index (χ3v) is 3.52. The molecular formula is C14H20ClN3. The van der Waals surface area contributed by atoms with E-state index in [1.54, 1.807) is 0 Å². The molecule has 0 saturated carbocycles. The van der Waals surface area contributed by atoms with Gasteiger partial charge in [-0.05, 0) is 30.5 Å². The first-order valence-electron chi connectivity index (χ1n) is 6.35. The van der Waals surface area contributed by atoms with Crippen molar-refractivity contribution in [3.8, 4) is 0 Å². The zero-order valence-electron chi connectivity index (χ0n) is 11.2. The number of fused-ring (bicyclic) bond motifs is 1. The Bertz CT molecular complexity index is 545. The Morgan fingerprint density at radius 2 is 2.11 bits per heavy atom. The van der Waals surface area contributed by atoms with Gasteiger partial charge in [0.2, 0.25) is 0 Å². The second-order valence-corrected chi connectivity index (χ2v) is 5.66. The number of imidazole rings is 1. The average molecular weight is 266 g/mol. The van der Waals surface area contributed by atoms with Crippen molar-refractivity contribution in [2.24, 2.45) is 18.7 Å². The van der Waals surface area contributed by atoms with E-state index < -0.39 is 0 Å². The summed E-state index contributed by atoms with van der Waals surface area (Å²) in [5.74, 6) is 1.98. The van der Waals surface area contributed by atoms with Crippen molar-refractivity contribution in [1.82, 2.24) is 9.55 Å². The highest BCUT2D eigenvalue weighted by Crippen LogP contribution is 2.26. The molecule has 1 aromatic carbocycles. The number of rotatable bonds is 4. The summed E-state index contributed by atoms with van der Waals surface area (Å²) >= 11 is 6.03. The Labute approximate surface area is 113 Å². The number of nitrogens with zero attached hydrogens (tertiary/aromatic N) is 2. The summed E-state index contributed by atoms with van der Waals surface area (Å²) in [4.78, 5) is 4.70. The predicted octanol–water partition coefficient (Wildman–Crippen LogP) is 3.32. The average Bonchev–Trinajstić information content (AvgIpc) is 2.64. The van der Waals surface area contributed by atoms with Crippen LogP contribution in [0, 0.1) is 5.92 Å². The second-order valence-electron chi connectivity index (χ2n) is 5.22. The van der Waals surface area contributed by atoms with Gasteiger partial charge in [0, 0.05) is 24.5 Å². The van der Waals surface area contributed by atoms with Gasteiger partial charge in [-0.15, -0.1) is 0 Å². The summed E-state index contributed by atoms with van der Waals surface area (Å²) < 4.78 is 2.11. The molecule has 0 amide bonds. The standard InChI is InChI=1S/C14H20ClN3/c1-9(2)6-10(8-16)14-17-12-5-4-11(15)7-13(12)18(14)3/h4-5,7,9-10H,6,8,16H2,1-3H3. The summed E-state index contributed by atoms with van der Waals surface area (Å²) in [6.45, 7) is 5.05. The van der Waals surface area contributed by atoms with Gasteiger partial charge in [0.05, 0.1) is 11.0 Å². The number of hydrogen-bond donors (Lipinski definition) is 1. The van der Waals surface area contributed by atoms with E-state index >= 15 is 0 Å². The smallest absolute Gasteiger partial charge is 0.114 e. The topological polar surface area (TPSA) is 43.8 Å². The first-order valence-corrected chi connectivity index (χ1v) is 6.72. The number of benzene rings is 1. The van der Waals surface area contributed by atoms with Crippen molar-refractivity contribution in [1.29, 1.82) is 0 Å². The molecule has 3 nitrogen and oxygen atoms in total. The molecule has 4 heteroatoms. The molecule has 18 heavy (non-hydrogen) atoms. The maximum Gasteiger partial charge on any atom is 0.114 e. The summed E-state index contributed by atoms with van der Waals surface area (Å²) in [6, 6.07) is 5.79. The van der Waals surface area contributed by atoms with Crippen LogP contribution in [0.15, 0.2) is 18.2 Å². The van der Waals surface area contributed by atoms with Crippen molar-refractivity contribution in [3.63, 3.8) is 0 Å². The molecule has 2 N–H and O–H groups in total. The Morgan fingerprint density at radius 1 is 1.39 bits per heavy atom. The van der Waals surface area contributed by atoms with E-state index in [-0.39, 0.29) is 0 Å². The molecule has 98 valence electrons. The number of aromatic nitrogens is 2. The lowest BCUT2D eigenvalue weighted by molar-refractivity contribution is 0.480. The molecule has 0 radical (unpaired) electrons.